The Labute approximate surface area is 227 Å². The van der Waals surface area contributed by atoms with Gasteiger partial charge >= 0.3 is 0 Å². The summed E-state index contributed by atoms with van der Waals surface area (Å²) in [5.74, 6) is -2.89. The number of hydrogen-bond donors (Lipinski definition) is 2. The van der Waals surface area contributed by atoms with Crippen LogP contribution in [-0.4, -0.2) is 41.1 Å². The minimum absolute atomic E-state index is 0.163. The molecule has 0 bridgehead atoms. The van der Waals surface area contributed by atoms with Crippen LogP contribution in [0, 0.1) is 18.8 Å². The van der Waals surface area contributed by atoms with E-state index in [-0.39, 0.29) is 42.8 Å². The smallest absolute Gasteiger partial charge is 0.253 e. The van der Waals surface area contributed by atoms with Crippen LogP contribution in [0.1, 0.15) is 30.0 Å². The second-order valence-corrected chi connectivity index (χ2v) is 10.5. The SMILES string of the molecule is CC[C@@H]1N[C@]2(C(=O)N(CC(=O)Nc3ccc(C)cc3)c3ccccc32)[C@@H]2C(=O)N(Cc3ccccc3)C(=O)[C@@H]12. The van der Waals surface area contributed by atoms with E-state index in [2.05, 4.69) is 10.6 Å². The summed E-state index contributed by atoms with van der Waals surface area (Å²) >= 11 is 0. The Bertz CT molecular complexity index is 1470. The number of likely N-dealkylation sites (tertiary alicyclic amines) is 1. The fraction of sp³-hybridized carbons (Fsp3) is 0.290. The van der Waals surface area contributed by atoms with Crippen molar-refractivity contribution in [1.29, 1.82) is 0 Å². The zero-order chi connectivity index (χ0) is 27.3. The van der Waals surface area contributed by atoms with Gasteiger partial charge in [-0.1, -0.05) is 73.2 Å². The molecule has 0 saturated carbocycles. The van der Waals surface area contributed by atoms with Crippen LogP contribution in [0.25, 0.3) is 0 Å². The Morgan fingerprint density at radius 1 is 0.897 bits per heavy atom. The molecular formula is C31H30N4O4. The fourth-order valence-corrected chi connectivity index (χ4v) is 6.42. The van der Waals surface area contributed by atoms with Crippen molar-refractivity contribution in [3.8, 4) is 0 Å². The quantitative estimate of drug-likeness (QED) is 0.484. The Hall–Kier alpha value is -4.30. The lowest BCUT2D eigenvalue weighted by molar-refractivity contribution is -0.143. The zero-order valence-electron chi connectivity index (χ0n) is 21.9. The average molecular weight is 523 g/mol. The number of rotatable bonds is 6. The number of hydrogen-bond acceptors (Lipinski definition) is 5. The lowest BCUT2D eigenvalue weighted by Crippen LogP contribution is -2.55. The number of benzene rings is 3. The van der Waals surface area contributed by atoms with Crippen LogP contribution in [-0.2, 0) is 31.3 Å². The van der Waals surface area contributed by atoms with E-state index in [1.54, 1.807) is 6.07 Å². The van der Waals surface area contributed by atoms with Gasteiger partial charge in [-0.3, -0.25) is 29.4 Å². The highest BCUT2D eigenvalue weighted by Crippen LogP contribution is 2.55. The van der Waals surface area contributed by atoms with Crippen LogP contribution >= 0.6 is 0 Å². The van der Waals surface area contributed by atoms with Crippen molar-refractivity contribution in [2.24, 2.45) is 11.8 Å². The molecule has 3 aliphatic rings. The minimum Gasteiger partial charge on any atom is -0.325 e. The summed E-state index contributed by atoms with van der Waals surface area (Å²) in [4.78, 5) is 57.9. The predicted molar refractivity (Wildman–Crippen MR) is 146 cm³/mol. The van der Waals surface area contributed by atoms with Gasteiger partial charge in [-0.2, -0.15) is 0 Å². The molecule has 198 valence electrons. The fourth-order valence-electron chi connectivity index (χ4n) is 6.42. The van der Waals surface area contributed by atoms with Crippen molar-refractivity contribution in [3.63, 3.8) is 0 Å². The molecule has 3 heterocycles. The van der Waals surface area contributed by atoms with Gasteiger partial charge in [0.15, 0.2) is 0 Å². The summed E-state index contributed by atoms with van der Waals surface area (Å²) in [5, 5.41) is 6.30. The van der Waals surface area contributed by atoms with Crippen molar-refractivity contribution in [3.05, 3.63) is 95.6 Å². The first-order valence-corrected chi connectivity index (χ1v) is 13.3. The third-order valence-electron chi connectivity index (χ3n) is 8.22. The largest absolute Gasteiger partial charge is 0.325 e. The van der Waals surface area contributed by atoms with Gasteiger partial charge in [0, 0.05) is 23.0 Å². The minimum atomic E-state index is -1.41. The van der Waals surface area contributed by atoms with E-state index in [0.29, 0.717) is 23.4 Å². The van der Waals surface area contributed by atoms with Crippen LogP contribution in [0.5, 0.6) is 0 Å². The van der Waals surface area contributed by atoms with E-state index < -0.39 is 17.4 Å². The lowest BCUT2D eigenvalue weighted by atomic mass is 9.76. The molecule has 0 aliphatic carbocycles. The molecule has 2 fully saturated rings. The number of anilines is 2. The highest BCUT2D eigenvalue weighted by molar-refractivity contribution is 6.17. The topological polar surface area (TPSA) is 98.8 Å². The molecule has 3 aromatic rings. The maximum Gasteiger partial charge on any atom is 0.253 e. The number of carbonyl (C=O) groups excluding carboxylic acids is 4. The third-order valence-corrected chi connectivity index (χ3v) is 8.22. The standard InChI is InChI=1S/C31H30N4O4/c1-3-23-26-27(29(38)35(28(26)37)17-20-9-5-4-6-10-20)31(33-23)22-11-7-8-12-24(22)34(30(31)39)18-25(36)32-21-15-13-19(2)14-16-21/h4-16,23,26-27,33H,3,17-18H2,1-2H3,(H,32,36)/t23-,26-,27-,31-/m0/s1. The van der Waals surface area contributed by atoms with Crippen molar-refractivity contribution in [2.75, 3.05) is 16.8 Å². The lowest BCUT2D eigenvalue weighted by Gasteiger charge is -2.30. The van der Waals surface area contributed by atoms with E-state index in [1.165, 1.54) is 9.80 Å². The van der Waals surface area contributed by atoms with Crippen molar-refractivity contribution in [1.82, 2.24) is 10.2 Å². The first-order valence-electron chi connectivity index (χ1n) is 13.3. The van der Waals surface area contributed by atoms with Crippen LogP contribution in [0.3, 0.4) is 0 Å². The molecule has 2 saturated heterocycles. The number of fused-ring (bicyclic) bond motifs is 4. The van der Waals surface area contributed by atoms with E-state index in [0.717, 1.165) is 11.1 Å². The van der Waals surface area contributed by atoms with Gasteiger partial charge in [-0.15, -0.1) is 0 Å². The number of carbonyl (C=O) groups is 4. The normalized spacial score (nSPS) is 25.4. The second kappa shape index (κ2) is 9.47. The molecule has 4 amide bonds. The molecule has 0 unspecified atom stereocenters. The average Bonchev–Trinajstić information content (AvgIpc) is 3.51. The summed E-state index contributed by atoms with van der Waals surface area (Å²) in [6.45, 7) is 3.86. The number of nitrogens with one attached hydrogen (secondary N) is 2. The first-order chi connectivity index (χ1) is 18.8. The number of amides is 4. The van der Waals surface area contributed by atoms with Gasteiger partial charge in [0.25, 0.3) is 5.91 Å². The van der Waals surface area contributed by atoms with E-state index in [9.17, 15) is 19.2 Å². The first kappa shape index (κ1) is 25.0. The predicted octanol–water partition coefficient (Wildman–Crippen LogP) is 3.36. The molecule has 3 aliphatic heterocycles. The summed E-state index contributed by atoms with van der Waals surface area (Å²) in [6, 6.07) is 23.7. The van der Waals surface area contributed by atoms with E-state index in [4.69, 9.17) is 0 Å². The van der Waals surface area contributed by atoms with Gasteiger partial charge < -0.3 is 10.2 Å². The third kappa shape index (κ3) is 3.86. The van der Waals surface area contributed by atoms with Gasteiger partial charge in [0.1, 0.15) is 12.1 Å². The van der Waals surface area contributed by atoms with Gasteiger partial charge in [0.2, 0.25) is 17.7 Å². The Morgan fingerprint density at radius 3 is 2.31 bits per heavy atom. The molecule has 8 nitrogen and oxygen atoms in total. The highest BCUT2D eigenvalue weighted by Gasteiger charge is 2.71. The van der Waals surface area contributed by atoms with E-state index >= 15 is 0 Å². The van der Waals surface area contributed by atoms with Crippen LogP contribution in [0.2, 0.25) is 0 Å². The molecule has 0 radical (unpaired) electrons. The summed E-state index contributed by atoms with van der Waals surface area (Å²) < 4.78 is 0. The van der Waals surface area contributed by atoms with Gasteiger partial charge in [-0.05, 0) is 37.1 Å². The Kier molecular flexibility index (Phi) is 6.07. The van der Waals surface area contributed by atoms with Crippen molar-refractivity contribution in [2.45, 2.75) is 38.4 Å². The molecule has 1 spiro atoms. The molecule has 0 aromatic heterocycles. The van der Waals surface area contributed by atoms with E-state index in [1.807, 2.05) is 86.6 Å². The second-order valence-electron chi connectivity index (χ2n) is 10.5. The molecule has 4 atom stereocenters. The van der Waals surface area contributed by atoms with Crippen molar-refractivity contribution >= 4 is 35.0 Å². The Balaban J connectivity index is 1.35. The number of para-hydroxylation sites is 1. The van der Waals surface area contributed by atoms with Gasteiger partial charge in [0.05, 0.1) is 18.4 Å². The van der Waals surface area contributed by atoms with Crippen molar-refractivity contribution < 1.29 is 19.2 Å². The zero-order valence-corrected chi connectivity index (χ0v) is 21.9. The highest BCUT2D eigenvalue weighted by atomic mass is 16.2. The summed E-state index contributed by atoms with van der Waals surface area (Å²) in [7, 11) is 0. The summed E-state index contributed by atoms with van der Waals surface area (Å²) in [6.07, 6.45) is 0.574. The molecule has 8 heteroatoms. The molecule has 3 aromatic carbocycles. The summed E-state index contributed by atoms with van der Waals surface area (Å²) in [5.41, 5.74) is 2.35. The Morgan fingerprint density at radius 2 is 1.59 bits per heavy atom. The molecular weight excluding hydrogens is 492 g/mol. The van der Waals surface area contributed by atoms with Gasteiger partial charge in [-0.25, -0.2) is 0 Å². The molecule has 6 rings (SSSR count). The monoisotopic (exact) mass is 522 g/mol. The number of imide groups is 1. The maximum atomic E-state index is 14.3. The molecule has 39 heavy (non-hydrogen) atoms. The van der Waals surface area contributed by atoms with Crippen LogP contribution in [0.4, 0.5) is 11.4 Å². The molecule has 2 N–H and O–H groups in total. The van der Waals surface area contributed by atoms with Crippen LogP contribution < -0.4 is 15.5 Å². The maximum absolute atomic E-state index is 14.3. The van der Waals surface area contributed by atoms with Crippen LogP contribution in [0.15, 0.2) is 78.9 Å². The number of nitrogens with zero attached hydrogens (tertiary/aromatic N) is 2. The number of aryl methyl sites for hydroxylation is 1.